The normalized spacial score (nSPS) is 10.8. The monoisotopic (exact) mass is 377 g/mol. The number of anilines is 1. The predicted octanol–water partition coefficient (Wildman–Crippen LogP) is 4.42. The summed E-state index contributed by atoms with van der Waals surface area (Å²) in [5, 5.41) is 15.8. The molecule has 0 atom stereocenters. The van der Waals surface area contributed by atoms with Crippen LogP contribution in [0, 0.1) is 13.8 Å². The van der Waals surface area contributed by atoms with Crippen molar-refractivity contribution in [2.45, 2.75) is 13.8 Å². The topological polar surface area (TPSA) is 104 Å². The van der Waals surface area contributed by atoms with Crippen LogP contribution in [0.15, 0.2) is 64.1 Å². The Morgan fingerprint density at radius 3 is 2.64 bits per heavy atom. The first kappa shape index (κ1) is 18.9. The molecule has 142 valence electrons. The Balaban J connectivity index is 1.63. The lowest BCUT2D eigenvalue weighted by atomic mass is 10.0. The predicted molar refractivity (Wildman–Crippen MR) is 107 cm³/mol. The van der Waals surface area contributed by atoms with E-state index in [0.717, 1.165) is 5.56 Å². The minimum atomic E-state index is -0.989. The summed E-state index contributed by atoms with van der Waals surface area (Å²) in [6.07, 6.45) is 1.37. The van der Waals surface area contributed by atoms with Crippen molar-refractivity contribution in [1.29, 1.82) is 0 Å². The van der Waals surface area contributed by atoms with E-state index in [9.17, 15) is 14.7 Å². The van der Waals surface area contributed by atoms with Gasteiger partial charge in [0.15, 0.2) is 0 Å². The van der Waals surface area contributed by atoms with E-state index in [4.69, 9.17) is 4.42 Å². The van der Waals surface area contributed by atoms with Crippen LogP contribution in [0.1, 0.15) is 27.2 Å². The lowest BCUT2D eigenvalue weighted by molar-refractivity contribution is 0.0696. The number of hydrazone groups is 1. The molecule has 0 radical (unpaired) electrons. The number of urea groups is 1. The number of carboxylic acid groups (broad SMARTS) is 1. The standard InChI is InChI=1S/C21H19N3O4/c1-13-4-3-5-16(10-13)23-21(27)24-22-12-17-8-9-19(28-17)15-7-6-14(2)18(11-15)20(25)26/h3-12H,1-2H3,(H,25,26)(H2,23,24,27)/b22-12+. The van der Waals surface area contributed by atoms with Gasteiger partial charge in [0.1, 0.15) is 11.5 Å². The summed E-state index contributed by atoms with van der Waals surface area (Å²) in [7, 11) is 0. The lowest BCUT2D eigenvalue weighted by Crippen LogP contribution is -2.24. The molecule has 3 rings (SSSR count). The minimum absolute atomic E-state index is 0.221. The minimum Gasteiger partial charge on any atom is -0.478 e. The first-order chi connectivity index (χ1) is 13.4. The number of furan rings is 1. The molecule has 0 spiro atoms. The van der Waals surface area contributed by atoms with Crippen molar-refractivity contribution in [3.8, 4) is 11.3 Å². The highest BCUT2D eigenvalue weighted by molar-refractivity contribution is 5.91. The maximum absolute atomic E-state index is 11.9. The van der Waals surface area contributed by atoms with E-state index in [1.807, 2.05) is 25.1 Å². The van der Waals surface area contributed by atoms with Gasteiger partial charge in [-0.15, -0.1) is 0 Å². The average Bonchev–Trinajstić information content (AvgIpc) is 3.10. The van der Waals surface area contributed by atoms with Crippen LogP contribution >= 0.6 is 0 Å². The van der Waals surface area contributed by atoms with Crippen molar-refractivity contribution < 1.29 is 19.1 Å². The van der Waals surface area contributed by atoms with E-state index in [-0.39, 0.29) is 5.56 Å². The molecule has 0 bridgehead atoms. The first-order valence-electron chi connectivity index (χ1n) is 8.53. The number of nitrogens with zero attached hydrogens (tertiary/aromatic N) is 1. The Kier molecular flexibility index (Phi) is 5.55. The molecule has 0 aliphatic rings. The number of carbonyl (C=O) groups excluding carboxylic acids is 1. The molecule has 1 heterocycles. The van der Waals surface area contributed by atoms with Gasteiger partial charge in [-0.05, 0) is 55.3 Å². The SMILES string of the molecule is Cc1cccc(NC(=O)N/N=C/c2ccc(-c3ccc(C)c(C(=O)O)c3)o2)c1. The number of aryl methyl sites for hydroxylation is 2. The Morgan fingerprint density at radius 1 is 1.07 bits per heavy atom. The summed E-state index contributed by atoms with van der Waals surface area (Å²) < 4.78 is 5.65. The number of rotatable bonds is 5. The molecule has 0 aliphatic heterocycles. The molecular weight excluding hydrogens is 358 g/mol. The van der Waals surface area contributed by atoms with Gasteiger partial charge in [-0.2, -0.15) is 5.10 Å². The molecule has 1 aromatic heterocycles. The second-order valence-electron chi connectivity index (χ2n) is 6.23. The van der Waals surface area contributed by atoms with Crippen LogP contribution in [0.25, 0.3) is 11.3 Å². The van der Waals surface area contributed by atoms with Gasteiger partial charge in [0.05, 0.1) is 11.8 Å². The van der Waals surface area contributed by atoms with Crippen molar-refractivity contribution in [3.05, 3.63) is 77.0 Å². The van der Waals surface area contributed by atoms with E-state index in [2.05, 4.69) is 15.8 Å². The van der Waals surface area contributed by atoms with E-state index >= 15 is 0 Å². The van der Waals surface area contributed by atoms with Gasteiger partial charge in [0.2, 0.25) is 0 Å². The van der Waals surface area contributed by atoms with Crippen molar-refractivity contribution in [1.82, 2.24) is 5.43 Å². The van der Waals surface area contributed by atoms with Crippen molar-refractivity contribution in [3.63, 3.8) is 0 Å². The number of benzene rings is 2. The fraction of sp³-hybridized carbons (Fsp3) is 0.0952. The Morgan fingerprint density at radius 2 is 1.89 bits per heavy atom. The Hall–Kier alpha value is -3.87. The fourth-order valence-electron chi connectivity index (χ4n) is 2.62. The number of carbonyl (C=O) groups is 2. The molecule has 2 aromatic carbocycles. The lowest BCUT2D eigenvalue weighted by Gasteiger charge is -2.04. The summed E-state index contributed by atoms with van der Waals surface area (Å²) >= 11 is 0. The second-order valence-corrected chi connectivity index (χ2v) is 6.23. The molecule has 28 heavy (non-hydrogen) atoms. The van der Waals surface area contributed by atoms with Gasteiger partial charge >= 0.3 is 12.0 Å². The Labute approximate surface area is 161 Å². The van der Waals surface area contributed by atoms with Crippen LogP contribution in [0.2, 0.25) is 0 Å². The highest BCUT2D eigenvalue weighted by atomic mass is 16.4. The van der Waals surface area contributed by atoms with Crippen LogP contribution in [0.5, 0.6) is 0 Å². The maximum atomic E-state index is 11.9. The average molecular weight is 377 g/mol. The van der Waals surface area contributed by atoms with Gasteiger partial charge in [-0.25, -0.2) is 15.0 Å². The number of hydrogen-bond donors (Lipinski definition) is 3. The van der Waals surface area contributed by atoms with E-state index < -0.39 is 12.0 Å². The van der Waals surface area contributed by atoms with Crippen molar-refractivity contribution in [2.75, 3.05) is 5.32 Å². The highest BCUT2D eigenvalue weighted by Gasteiger charge is 2.11. The molecule has 3 N–H and O–H groups in total. The highest BCUT2D eigenvalue weighted by Crippen LogP contribution is 2.24. The summed E-state index contributed by atoms with van der Waals surface area (Å²) in [4.78, 5) is 23.1. The quantitative estimate of drug-likeness (QED) is 0.452. The van der Waals surface area contributed by atoms with Crippen molar-refractivity contribution in [2.24, 2.45) is 5.10 Å². The second kappa shape index (κ2) is 8.22. The van der Waals surface area contributed by atoms with E-state index in [0.29, 0.717) is 28.3 Å². The molecule has 0 saturated carbocycles. The molecule has 0 aliphatic carbocycles. The summed E-state index contributed by atoms with van der Waals surface area (Å²) in [6, 6.07) is 15.4. The van der Waals surface area contributed by atoms with Crippen molar-refractivity contribution >= 4 is 23.9 Å². The molecule has 0 fully saturated rings. The zero-order valence-corrected chi connectivity index (χ0v) is 15.4. The molecule has 7 heteroatoms. The zero-order chi connectivity index (χ0) is 20.1. The van der Waals surface area contributed by atoms with Crippen LogP contribution in [-0.2, 0) is 0 Å². The number of aromatic carboxylic acids is 1. The van der Waals surface area contributed by atoms with Crippen LogP contribution < -0.4 is 10.7 Å². The number of nitrogens with one attached hydrogen (secondary N) is 2. The van der Waals surface area contributed by atoms with Crippen LogP contribution in [0.4, 0.5) is 10.5 Å². The summed E-state index contributed by atoms with van der Waals surface area (Å²) in [6.45, 7) is 3.67. The van der Waals surface area contributed by atoms with E-state index in [1.165, 1.54) is 6.21 Å². The molecule has 2 amide bonds. The summed E-state index contributed by atoms with van der Waals surface area (Å²) in [5.74, 6) is -0.0621. The summed E-state index contributed by atoms with van der Waals surface area (Å²) in [5.41, 5.74) is 5.60. The molecule has 0 saturated heterocycles. The first-order valence-corrected chi connectivity index (χ1v) is 8.53. The van der Waals surface area contributed by atoms with Gasteiger partial charge in [-0.3, -0.25) is 0 Å². The van der Waals surface area contributed by atoms with Gasteiger partial charge in [0.25, 0.3) is 0 Å². The fourth-order valence-corrected chi connectivity index (χ4v) is 2.62. The third-order valence-electron chi connectivity index (χ3n) is 4.01. The molecule has 0 unspecified atom stereocenters. The van der Waals surface area contributed by atoms with Gasteiger partial charge in [0, 0.05) is 11.3 Å². The van der Waals surface area contributed by atoms with E-state index in [1.54, 1.807) is 43.3 Å². The number of amides is 2. The molecular formula is C21H19N3O4. The number of hydrogen-bond acceptors (Lipinski definition) is 4. The van der Waals surface area contributed by atoms with Crippen LogP contribution in [-0.4, -0.2) is 23.3 Å². The van der Waals surface area contributed by atoms with Gasteiger partial charge < -0.3 is 14.8 Å². The van der Waals surface area contributed by atoms with Crippen LogP contribution in [0.3, 0.4) is 0 Å². The largest absolute Gasteiger partial charge is 0.478 e. The number of carboxylic acids is 1. The smallest absolute Gasteiger partial charge is 0.339 e. The third-order valence-corrected chi connectivity index (χ3v) is 4.01. The maximum Gasteiger partial charge on any atom is 0.339 e. The molecule has 3 aromatic rings. The molecule has 7 nitrogen and oxygen atoms in total. The Bertz CT molecular complexity index is 1050. The zero-order valence-electron chi connectivity index (χ0n) is 15.4. The van der Waals surface area contributed by atoms with Gasteiger partial charge in [-0.1, -0.05) is 24.3 Å². The third kappa shape index (κ3) is 4.64.